The van der Waals surface area contributed by atoms with Crippen LogP contribution in [-0.2, 0) is 4.79 Å². The van der Waals surface area contributed by atoms with Gasteiger partial charge in [-0.2, -0.15) is 11.8 Å². The first kappa shape index (κ1) is 15.2. The highest BCUT2D eigenvalue weighted by Gasteiger charge is 2.34. The molecule has 2 saturated heterocycles. The van der Waals surface area contributed by atoms with Gasteiger partial charge in [0, 0.05) is 42.0 Å². The summed E-state index contributed by atoms with van der Waals surface area (Å²) in [5.74, 6) is 2.00. The van der Waals surface area contributed by atoms with Gasteiger partial charge in [-0.3, -0.25) is 9.69 Å². The van der Waals surface area contributed by atoms with Crippen LogP contribution in [0.3, 0.4) is 0 Å². The van der Waals surface area contributed by atoms with Gasteiger partial charge < -0.3 is 5.32 Å². The van der Waals surface area contributed by atoms with E-state index in [0.717, 1.165) is 13.0 Å². The van der Waals surface area contributed by atoms with Crippen molar-refractivity contribution in [1.82, 2.24) is 10.2 Å². The SMILES string of the molecule is CC(C)(C)SCCN1CCCCC1C1CNC(=O)C1. The third-order valence-electron chi connectivity index (χ3n) is 4.13. The van der Waals surface area contributed by atoms with E-state index in [1.807, 2.05) is 11.8 Å². The molecular weight excluding hydrogens is 256 g/mol. The minimum absolute atomic E-state index is 0.250. The van der Waals surface area contributed by atoms with E-state index in [2.05, 4.69) is 31.0 Å². The summed E-state index contributed by atoms with van der Waals surface area (Å²) in [7, 11) is 0. The molecule has 0 spiro atoms. The molecule has 110 valence electrons. The molecule has 0 aromatic heterocycles. The summed E-state index contributed by atoms with van der Waals surface area (Å²) in [5, 5.41) is 3.00. The third kappa shape index (κ3) is 4.67. The average Bonchev–Trinajstić information content (AvgIpc) is 2.75. The summed E-state index contributed by atoms with van der Waals surface area (Å²) in [6.45, 7) is 10.1. The van der Waals surface area contributed by atoms with Crippen molar-refractivity contribution in [1.29, 1.82) is 0 Å². The smallest absolute Gasteiger partial charge is 0.220 e. The van der Waals surface area contributed by atoms with Gasteiger partial charge in [0.25, 0.3) is 0 Å². The van der Waals surface area contributed by atoms with Crippen molar-refractivity contribution in [2.45, 2.75) is 57.2 Å². The maximum atomic E-state index is 11.4. The minimum Gasteiger partial charge on any atom is -0.356 e. The molecule has 1 amide bonds. The van der Waals surface area contributed by atoms with Crippen molar-refractivity contribution >= 4 is 17.7 Å². The van der Waals surface area contributed by atoms with Crippen LogP contribution in [0.25, 0.3) is 0 Å². The number of carbonyl (C=O) groups is 1. The number of piperidine rings is 1. The van der Waals surface area contributed by atoms with Gasteiger partial charge in [0.1, 0.15) is 0 Å². The van der Waals surface area contributed by atoms with Crippen LogP contribution in [0.5, 0.6) is 0 Å². The number of hydrogen-bond donors (Lipinski definition) is 1. The van der Waals surface area contributed by atoms with E-state index in [0.29, 0.717) is 16.7 Å². The minimum atomic E-state index is 0.250. The molecule has 2 aliphatic rings. The van der Waals surface area contributed by atoms with Crippen molar-refractivity contribution in [3.8, 4) is 0 Å². The molecule has 0 radical (unpaired) electrons. The number of carbonyl (C=O) groups excluding carboxylic acids is 1. The quantitative estimate of drug-likeness (QED) is 0.861. The van der Waals surface area contributed by atoms with E-state index in [4.69, 9.17) is 0 Å². The Morgan fingerprint density at radius 2 is 2.16 bits per heavy atom. The molecule has 2 rings (SSSR count). The van der Waals surface area contributed by atoms with E-state index < -0.39 is 0 Å². The second-order valence-corrected chi connectivity index (χ2v) is 8.75. The fraction of sp³-hybridized carbons (Fsp3) is 0.933. The van der Waals surface area contributed by atoms with Crippen molar-refractivity contribution in [2.75, 3.05) is 25.4 Å². The number of rotatable bonds is 4. The summed E-state index contributed by atoms with van der Waals surface area (Å²) < 4.78 is 0.357. The summed E-state index contributed by atoms with van der Waals surface area (Å²) in [4.78, 5) is 14.1. The predicted octanol–water partition coefficient (Wildman–Crippen LogP) is 2.51. The molecule has 0 saturated carbocycles. The molecule has 0 aromatic rings. The zero-order chi connectivity index (χ0) is 13.9. The number of hydrogen-bond acceptors (Lipinski definition) is 3. The molecule has 2 atom stereocenters. The van der Waals surface area contributed by atoms with Crippen molar-refractivity contribution in [3.63, 3.8) is 0 Å². The summed E-state index contributed by atoms with van der Waals surface area (Å²) in [5.41, 5.74) is 0. The Hall–Kier alpha value is -0.220. The van der Waals surface area contributed by atoms with Crippen LogP contribution in [0.4, 0.5) is 0 Å². The number of nitrogens with zero attached hydrogens (tertiary/aromatic N) is 1. The molecule has 3 nitrogen and oxygen atoms in total. The van der Waals surface area contributed by atoms with E-state index >= 15 is 0 Å². The van der Waals surface area contributed by atoms with E-state index in [1.54, 1.807) is 0 Å². The van der Waals surface area contributed by atoms with Gasteiger partial charge in [-0.1, -0.05) is 27.2 Å². The topological polar surface area (TPSA) is 32.3 Å². The summed E-state index contributed by atoms with van der Waals surface area (Å²) in [6, 6.07) is 0.633. The van der Waals surface area contributed by atoms with Gasteiger partial charge in [-0.15, -0.1) is 0 Å². The number of nitrogens with one attached hydrogen (secondary N) is 1. The largest absolute Gasteiger partial charge is 0.356 e. The van der Waals surface area contributed by atoms with Gasteiger partial charge >= 0.3 is 0 Å². The van der Waals surface area contributed by atoms with Crippen LogP contribution in [0.2, 0.25) is 0 Å². The zero-order valence-corrected chi connectivity index (χ0v) is 13.4. The molecule has 0 bridgehead atoms. The summed E-state index contributed by atoms with van der Waals surface area (Å²) in [6.07, 6.45) is 4.68. The summed E-state index contributed by atoms with van der Waals surface area (Å²) >= 11 is 2.05. The lowest BCUT2D eigenvalue weighted by Gasteiger charge is -2.39. The molecular formula is C15H28N2OS. The number of amides is 1. The van der Waals surface area contributed by atoms with Crippen molar-refractivity contribution < 1.29 is 4.79 Å². The molecule has 4 heteroatoms. The van der Waals surface area contributed by atoms with Gasteiger partial charge in [0.15, 0.2) is 0 Å². The Bertz CT molecular complexity index is 314. The monoisotopic (exact) mass is 284 g/mol. The molecule has 1 N–H and O–H groups in total. The first-order valence-electron chi connectivity index (χ1n) is 7.60. The van der Waals surface area contributed by atoms with E-state index in [-0.39, 0.29) is 5.91 Å². The highest BCUT2D eigenvalue weighted by Crippen LogP contribution is 2.29. The molecule has 19 heavy (non-hydrogen) atoms. The first-order chi connectivity index (χ1) is 8.96. The van der Waals surface area contributed by atoms with Crippen LogP contribution in [-0.4, -0.2) is 47.0 Å². The molecule has 2 fully saturated rings. The van der Waals surface area contributed by atoms with Crippen LogP contribution >= 0.6 is 11.8 Å². The Labute approximate surface area is 121 Å². The van der Waals surface area contributed by atoms with Crippen molar-refractivity contribution in [2.24, 2.45) is 5.92 Å². The highest BCUT2D eigenvalue weighted by atomic mass is 32.2. The van der Waals surface area contributed by atoms with Gasteiger partial charge in [0.05, 0.1) is 0 Å². The molecule has 0 aliphatic carbocycles. The van der Waals surface area contributed by atoms with Crippen LogP contribution in [0, 0.1) is 5.92 Å². The fourth-order valence-electron chi connectivity index (χ4n) is 3.20. The molecule has 0 aromatic carbocycles. The van der Waals surface area contributed by atoms with Gasteiger partial charge in [0.2, 0.25) is 5.91 Å². The second kappa shape index (κ2) is 6.49. The Kier molecular flexibility index (Phi) is 5.18. The van der Waals surface area contributed by atoms with E-state index in [1.165, 1.54) is 38.1 Å². The lowest BCUT2D eigenvalue weighted by atomic mass is 9.89. The van der Waals surface area contributed by atoms with Crippen molar-refractivity contribution in [3.05, 3.63) is 0 Å². The Morgan fingerprint density at radius 3 is 2.79 bits per heavy atom. The van der Waals surface area contributed by atoms with Gasteiger partial charge in [-0.05, 0) is 19.4 Å². The second-order valence-electron chi connectivity index (χ2n) is 6.83. The highest BCUT2D eigenvalue weighted by molar-refractivity contribution is 8.00. The third-order valence-corrected chi connectivity index (χ3v) is 5.38. The van der Waals surface area contributed by atoms with Crippen LogP contribution in [0.1, 0.15) is 46.5 Å². The predicted molar refractivity (Wildman–Crippen MR) is 82.5 cm³/mol. The lowest BCUT2D eigenvalue weighted by molar-refractivity contribution is -0.119. The normalized spacial score (nSPS) is 29.5. The maximum Gasteiger partial charge on any atom is 0.220 e. The number of likely N-dealkylation sites (tertiary alicyclic amines) is 1. The lowest BCUT2D eigenvalue weighted by Crippen LogP contribution is -2.46. The maximum absolute atomic E-state index is 11.4. The fourth-order valence-corrected chi connectivity index (χ4v) is 4.13. The molecule has 2 unspecified atom stereocenters. The Morgan fingerprint density at radius 1 is 1.37 bits per heavy atom. The van der Waals surface area contributed by atoms with Crippen LogP contribution < -0.4 is 5.32 Å². The average molecular weight is 284 g/mol. The Balaban J connectivity index is 1.84. The van der Waals surface area contributed by atoms with E-state index in [9.17, 15) is 4.79 Å². The van der Waals surface area contributed by atoms with Crippen LogP contribution in [0.15, 0.2) is 0 Å². The van der Waals surface area contributed by atoms with Gasteiger partial charge in [-0.25, -0.2) is 0 Å². The zero-order valence-electron chi connectivity index (χ0n) is 12.6. The standard InChI is InChI=1S/C15H28N2OS/c1-15(2,3)19-9-8-17-7-5-4-6-13(17)12-10-14(18)16-11-12/h12-13H,4-11H2,1-3H3,(H,16,18). The molecule has 2 aliphatic heterocycles. The first-order valence-corrected chi connectivity index (χ1v) is 8.59. The molecule has 2 heterocycles. The number of thioether (sulfide) groups is 1.